The largest absolute Gasteiger partial charge is 0.472 e. The summed E-state index contributed by atoms with van der Waals surface area (Å²) in [5.41, 5.74) is 4.66. The lowest BCUT2D eigenvalue weighted by atomic mass is 9.98. The van der Waals surface area contributed by atoms with E-state index < -0.39 is 0 Å². The van der Waals surface area contributed by atoms with Crippen molar-refractivity contribution in [2.24, 2.45) is 0 Å². The molecule has 0 aliphatic carbocycles. The highest BCUT2D eigenvalue weighted by Crippen LogP contribution is 2.30. The van der Waals surface area contributed by atoms with Crippen LogP contribution < -0.4 is 10.1 Å². The summed E-state index contributed by atoms with van der Waals surface area (Å²) in [4.78, 5) is 16.9. The van der Waals surface area contributed by atoms with E-state index in [-0.39, 0.29) is 5.91 Å². The average molecular weight is 344 g/mol. The standard InChI is InChI=1S/C15H16N6O2S/c1-7-5-10(12-8(2)18-19-9(12)3)11(6-16-7)13(22)17-14-20-21-15(23-4)24-14/h5-6H,1-4H3,(H,18,19)(H,17,20,22). The monoisotopic (exact) mass is 344 g/mol. The molecule has 0 fully saturated rings. The molecule has 124 valence electrons. The van der Waals surface area contributed by atoms with E-state index in [4.69, 9.17) is 4.74 Å². The molecule has 0 radical (unpaired) electrons. The van der Waals surface area contributed by atoms with Gasteiger partial charge in [-0.2, -0.15) is 5.10 Å². The molecule has 0 saturated carbocycles. The summed E-state index contributed by atoms with van der Waals surface area (Å²) in [6.45, 7) is 5.69. The fourth-order valence-corrected chi connectivity index (χ4v) is 2.96. The number of pyridine rings is 1. The summed E-state index contributed by atoms with van der Waals surface area (Å²) in [7, 11) is 1.50. The van der Waals surface area contributed by atoms with E-state index in [1.54, 1.807) is 6.20 Å². The molecule has 3 aromatic rings. The molecule has 0 bridgehead atoms. The van der Waals surface area contributed by atoms with E-state index >= 15 is 0 Å². The second kappa shape index (κ2) is 6.36. The van der Waals surface area contributed by atoms with Gasteiger partial charge in [0.25, 0.3) is 11.1 Å². The number of hydrogen-bond donors (Lipinski definition) is 2. The Morgan fingerprint density at radius 3 is 2.71 bits per heavy atom. The fraction of sp³-hybridized carbons (Fsp3) is 0.267. The molecule has 24 heavy (non-hydrogen) atoms. The number of H-pyrrole nitrogens is 1. The smallest absolute Gasteiger partial charge is 0.295 e. The van der Waals surface area contributed by atoms with Gasteiger partial charge >= 0.3 is 0 Å². The maximum absolute atomic E-state index is 12.7. The highest BCUT2D eigenvalue weighted by molar-refractivity contribution is 7.17. The molecule has 3 heterocycles. The lowest BCUT2D eigenvalue weighted by Crippen LogP contribution is -2.14. The summed E-state index contributed by atoms with van der Waals surface area (Å²) < 4.78 is 4.98. The summed E-state index contributed by atoms with van der Waals surface area (Å²) in [6.07, 6.45) is 1.56. The molecule has 0 atom stereocenters. The van der Waals surface area contributed by atoms with Gasteiger partial charge in [0.1, 0.15) is 0 Å². The zero-order valence-corrected chi connectivity index (χ0v) is 14.5. The Morgan fingerprint density at radius 2 is 2.08 bits per heavy atom. The van der Waals surface area contributed by atoms with Crippen molar-refractivity contribution in [3.05, 3.63) is 34.9 Å². The van der Waals surface area contributed by atoms with Crippen molar-refractivity contribution in [1.82, 2.24) is 25.4 Å². The number of rotatable bonds is 4. The van der Waals surface area contributed by atoms with Crippen LogP contribution in [0.2, 0.25) is 0 Å². The number of aryl methyl sites for hydroxylation is 3. The number of aromatic amines is 1. The lowest BCUT2D eigenvalue weighted by Gasteiger charge is -2.10. The van der Waals surface area contributed by atoms with Crippen LogP contribution in [0.15, 0.2) is 12.3 Å². The van der Waals surface area contributed by atoms with Gasteiger partial charge < -0.3 is 4.74 Å². The molecule has 2 N–H and O–H groups in total. The number of aromatic nitrogens is 5. The molecule has 0 aromatic carbocycles. The number of carbonyl (C=O) groups is 1. The lowest BCUT2D eigenvalue weighted by molar-refractivity contribution is 0.102. The Kier molecular flexibility index (Phi) is 4.26. The van der Waals surface area contributed by atoms with Gasteiger partial charge in [-0.15, -0.1) is 5.10 Å². The maximum Gasteiger partial charge on any atom is 0.295 e. The van der Waals surface area contributed by atoms with Gasteiger partial charge in [-0.3, -0.25) is 20.2 Å². The molecule has 1 amide bonds. The van der Waals surface area contributed by atoms with Crippen LogP contribution in [-0.2, 0) is 0 Å². The third kappa shape index (κ3) is 2.98. The van der Waals surface area contributed by atoms with E-state index in [0.29, 0.717) is 15.9 Å². The Balaban J connectivity index is 2.00. The molecular formula is C15H16N6O2S. The molecule has 0 aliphatic rings. The van der Waals surface area contributed by atoms with Crippen LogP contribution in [-0.4, -0.2) is 38.4 Å². The molecule has 0 saturated heterocycles. The van der Waals surface area contributed by atoms with Crippen molar-refractivity contribution in [2.75, 3.05) is 12.4 Å². The minimum atomic E-state index is -0.309. The third-order valence-corrected chi connectivity index (χ3v) is 4.28. The molecule has 9 heteroatoms. The first-order chi connectivity index (χ1) is 11.5. The molecule has 0 aliphatic heterocycles. The van der Waals surface area contributed by atoms with E-state index in [0.717, 1.165) is 39.5 Å². The quantitative estimate of drug-likeness (QED) is 0.753. The van der Waals surface area contributed by atoms with Crippen molar-refractivity contribution < 1.29 is 9.53 Å². The van der Waals surface area contributed by atoms with Gasteiger partial charge in [0.2, 0.25) is 5.13 Å². The first-order valence-electron chi connectivity index (χ1n) is 7.17. The summed E-state index contributed by atoms with van der Waals surface area (Å²) in [6, 6.07) is 1.88. The van der Waals surface area contributed by atoms with Crippen LogP contribution in [0.4, 0.5) is 5.13 Å². The second-order valence-corrected chi connectivity index (χ2v) is 6.15. The number of anilines is 1. The number of ether oxygens (including phenoxy) is 1. The Labute approximate surface area is 142 Å². The molecule has 3 rings (SSSR count). The third-order valence-electron chi connectivity index (χ3n) is 3.48. The number of hydrogen-bond acceptors (Lipinski definition) is 7. The van der Waals surface area contributed by atoms with Gasteiger partial charge in [0.05, 0.1) is 18.4 Å². The molecular weight excluding hydrogens is 328 g/mol. The minimum absolute atomic E-state index is 0.309. The van der Waals surface area contributed by atoms with Gasteiger partial charge in [0.15, 0.2) is 0 Å². The number of nitrogens with zero attached hydrogens (tertiary/aromatic N) is 4. The number of methoxy groups -OCH3 is 1. The Hall–Kier alpha value is -2.81. The first-order valence-corrected chi connectivity index (χ1v) is 7.98. The van der Waals surface area contributed by atoms with Crippen LogP contribution in [0.3, 0.4) is 0 Å². The first kappa shape index (κ1) is 16.1. The zero-order valence-electron chi connectivity index (χ0n) is 13.7. The number of amides is 1. The van der Waals surface area contributed by atoms with Gasteiger partial charge in [-0.1, -0.05) is 5.10 Å². The molecule has 8 nitrogen and oxygen atoms in total. The highest BCUT2D eigenvalue weighted by atomic mass is 32.1. The van der Waals surface area contributed by atoms with Crippen molar-refractivity contribution in [1.29, 1.82) is 0 Å². The summed E-state index contributed by atoms with van der Waals surface area (Å²) >= 11 is 1.15. The van der Waals surface area contributed by atoms with E-state index in [1.165, 1.54) is 7.11 Å². The average Bonchev–Trinajstić information content (AvgIpc) is 3.13. The predicted octanol–water partition coefficient (Wildman–Crippen LogP) is 2.51. The minimum Gasteiger partial charge on any atom is -0.472 e. The predicted molar refractivity (Wildman–Crippen MR) is 90.4 cm³/mol. The van der Waals surface area contributed by atoms with Crippen LogP contribution in [0.1, 0.15) is 27.4 Å². The summed E-state index contributed by atoms with van der Waals surface area (Å²) in [5, 5.41) is 18.3. The zero-order chi connectivity index (χ0) is 17.3. The Bertz CT molecular complexity index is 882. The fourth-order valence-electron chi connectivity index (χ4n) is 2.40. The molecule has 0 unspecified atom stereocenters. The van der Waals surface area contributed by atoms with Crippen LogP contribution in [0.25, 0.3) is 11.1 Å². The SMILES string of the molecule is COc1nnc(NC(=O)c2cnc(C)cc2-c2c(C)n[nH]c2C)s1. The Morgan fingerprint density at radius 1 is 1.29 bits per heavy atom. The van der Waals surface area contributed by atoms with Gasteiger partial charge in [-0.25, -0.2) is 0 Å². The molecule has 0 spiro atoms. The van der Waals surface area contributed by atoms with Crippen LogP contribution >= 0.6 is 11.3 Å². The van der Waals surface area contributed by atoms with Crippen LogP contribution in [0, 0.1) is 20.8 Å². The van der Waals surface area contributed by atoms with E-state index in [2.05, 4.69) is 30.7 Å². The number of nitrogens with one attached hydrogen (secondary N) is 2. The van der Waals surface area contributed by atoms with Crippen molar-refractivity contribution >= 4 is 22.4 Å². The maximum atomic E-state index is 12.7. The van der Waals surface area contributed by atoms with Crippen molar-refractivity contribution in [2.45, 2.75) is 20.8 Å². The highest BCUT2D eigenvalue weighted by Gasteiger charge is 2.20. The molecule has 3 aromatic heterocycles. The topological polar surface area (TPSA) is 106 Å². The van der Waals surface area contributed by atoms with Crippen LogP contribution in [0.5, 0.6) is 5.19 Å². The number of carbonyl (C=O) groups excluding carboxylic acids is 1. The van der Waals surface area contributed by atoms with E-state index in [1.807, 2.05) is 26.8 Å². The second-order valence-electron chi connectivity index (χ2n) is 5.21. The summed E-state index contributed by atoms with van der Waals surface area (Å²) in [5.74, 6) is -0.309. The van der Waals surface area contributed by atoms with Crippen molar-refractivity contribution in [3.8, 4) is 16.3 Å². The van der Waals surface area contributed by atoms with Gasteiger partial charge in [0, 0.05) is 28.7 Å². The van der Waals surface area contributed by atoms with E-state index in [9.17, 15) is 4.79 Å². The van der Waals surface area contributed by atoms with Gasteiger partial charge in [-0.05, 0) is 38.2 Å². The normalized spacial score (nSPS) is 10.7. The van der Waals surface area contributed by atoms with Crippen molar-refractivity contribution in [3.63, 3.8) is 0 Å².